The zero-order valence-electron chi connectivity index (χ0n) is 12.0. The highest BCUT2D eigenvalue weighted by atomic mass is 35.5. The van der Waals surface area contributed by atoms with Crippen LogP contribution in [0.15, 0.2) is 42.5 Å². The van der Waals surface area contributed by atoms with Crippen LogP contribution in [0.5, 0.6) is 5.75 Å². The Morgan fingerprint density at radius 1 is 1.18 bits per heavy atom. The molecule has 1 amide bonds. The smallest absolute Gasteiger partial charge is 0.238 e. The van der Waals surface area contributed by atoms with Crippen molar-refractivity contribution in [3.05, 3.63) is 58.1 Å². The van der Waals surface area contributed by atoms with E-state index in [0.29, 0.717) is 22.3 Å². The van der Waals surface area contributed by atoms with Crippen LogP contribution in [0.1, 0.15) is 5.56 Å². The molecule has 0 saturated heterocycles. The molecule has 2 N–H and O–H groups in total. The van der Waals surface area contributed by atoms with Crippen LogP contribution >= 0.6 is 23.2 Å². The van der Waals surface area contributed by atoms with Gasteiger partial charge in [-0.05, 0) is 24.3 Å². The highest BCUT2D eigenvalue weighted by Crippen LogP contribution is 2.25. The fourth-order valence-electron chi connectivity index (χ4n) is 1.95. The van der Waals surface area contributed by atoms with Crippen LogP contribution in [0, 0.1) is 0 Å². The van der Waals surface area contributed by atoms with E-state index < -0.39 is 0 Å². The number of rotatable bonds is 6. The Hall–Kier alpha value is -1.75. The molecule has 0 aliphatic rings. The molecule has 0 saturated carbocycles. The van der Waals surface area contributed by atoms with Gasteiger partial charge in [0.25, 0.3) is 0 Å². The molecule has 0 spiro atoms. The number of amides is 1. The molecule has 0 heterocycles. The molecule has 2 aromatic rings. The summed E-state index contributed by atoms with van der Waals surface area (Å²) in [5, 5.41) is 6.74. The second kappa shape index (κ2) is 8.03. The Bertz CT molecular complexity index is 662. The monoisotopic (exact) mass is 338 g/mol. The molecule has 0 bridgehead atoms. The van der Waals surface area contributed by atoms with Crippen LogP contribution in [-0.4, -0.2) is 19.6 Å². The summed E-state index contributed by atoms with van der Waals surface area (Å²) in [4.78, 5) is 11.9. The molecule has 0 aromatic heterocycles. The number of hydrogen-bond acceptors (Lipinski definition) is 3. The fourth-order valence-corrected chi connectivity index (χ4v) is 2.28. The van der Waals surface area contributed by atoms with E-state index in [2.05, 4.69) is 10.6 Å². The number of benzene rings is 2. The molecule has 0 aliphatic heterocycles. The van der Waals surface area contributed by atoms with Gasteiger partial charge in [0.2, 0.25) is 5.91 Å². The number of carbonyl (C=O) groups is 1. The van der Waals surface area contributed by atoms with E-state index in [1.807, 2.05) is 24.3 Å². The molecule has 6 heteroatoms. The molecule has 0 aliphatic carbocycles. The number of para-hydroxylation sites is 1. The quantitative estimate of drug-likeness (QED) is 0.843. The van der Waals surface area contributed by atoms with Crippen LogP contribution in [0.3, 0.4) is 0 Å². The maximum Gasteiger partial charge on any atom is 0.238 e. The standard InChI is InChI=1S/C16H16Cl2N2O2/c1-22-15-5-3-2-4-11(15)9-19-10-16(21)20-14-8-12(17)6-7-13(14)18/h2-8,19H,9-10H2,1H3,(H,20,21). The van der Waals surface area contributed by atoms with E-state index in [1.54, 1.807) is 25.3 Å². The summed E-state index contributed by atoms with van der Waals surface area (Å²) >= 11 is 11.9. The molecular formula is C16H16Cl2N2O2. The minimum atomic E-state index is -0.195. The van der Waals surface area contributed by atoms with Gasteiger partial charge >= 0.3 is 0 Å². The van der Waals surface area contributed by atoms with Gasteiger partial charge in [-0.25, -0.2) is 0 Å². The number of halogens is 2. The zero-order valence-corrected chi connectivity index (χ0v) is 13.5. The first-order chi connectivity index (χ1) is 10.6. The molecule has 0 atom stereocenters. The summed E-state index contributed by atoms with van der Waals surface area (Å²) in [7, 11) is 1.62. The molecule has 116 valence electrons. The summed E-state index contributed by atoms with van der Waals surface area (Å²) in [6, 6.07) is 12.6. The van der Waals surface area contributed by atoms with Crippen LogP contribution < -0.4 is 15.4 Å². The normalized spacial score (nSPS) is 10.3. The van der Waals surface area contributed by atoms with Crippen molar-refractivity contribution in [3.63, 3.8) is 0 Å². The molecule has 22 heavy (non-hydrogen) atoms. The zero-order chi connectivity index (χ0) is 15.9. The molecule has 0 unspecified atom stereocenters. The highest BCUT2D eigenvalue weighted by Gasteiger charge is 2.07. The lowest BCUT2D eigenvalue weighted by Crippen LogP contribution is -2.28. The minimum absolute atomic E-state index is 0.154. The van der Waals surface area contributed by atoms with E-state index in [0.717, 1.165) is 11.3 Å². The molecule has 0 radical (unpaired) electrons. The minimum Gasteiger partial charge on any atom is -0.496 e. The van der Waals surface area contributed by atoms with Crippen molar-refractivity contribution in [3.8, 4) is 5.75 Å². The molecular weight excluding hydrogens is 323 g/mol. The van der Waals surface area contributed by atoms with Crippen molar-refractivity contribution in [1.29, 1.82) is 0 Å². The van der Waals surface area contributed by atoms with E-state index in [4.69, 9.17) is 27.9 Å². The van der Waals surface area contributed by atoms with Gasteiger partial charge in [-0.15, -0.1) is 0 Å². The maximum absolute atomic E-state index is 11.9. The second-order valence-electron chi connectivity index (χ2n) is 4.59. The number of ether oxygens (including phenoxy) is 1. The van der Waals surface area contributed by atoms with Crippen LogP contribution in [-0.2, 0) is 11.3 Å². The first-order valence-electron chi connectivity index (χ1n) is 6.67. The van der Waals surface area contributed by atoms with Gasteiger partial charge in [-0.3, -0.25) is 4.79 Å². The van der Waals surface area contributed by atoms with Gasteiger partial charge in [-0.1, -0.05) is 41.4 Å². The van der Waals surface area contributed by atoms with Gasteiger partial charge in [0.05, 0.1) is 24.4 Å². The van der Waals surface area contributed by atoms with Crippen LogP contribution in [0.25, 0.3) is 0 Å². The number of anilines is 1. The van der Waals surface area contributed by atoms with Crippen molar-refractivity contribution < 1.29 is 9.53 Å². The summed E-state index contributed by atoms with van der Waals surface area (Å²) in [6.45, 7) is 0.682. The number of methoxy groups -OCH3 is 1. The summed E-state index contributed by atoms with van der Waals surface area (Å²) in [5.41, 5.74) is 1.48. The average Bonchev–Trinajstić information content (AvgIpc) is 2.51. The average molecular weight is 339 g/mol. The molecule has 4 nitrogen and oxygen atoms in total. The summed E-state index contributed by atoms with van der Waals surface area (Å²) in [5.74, 6) is 0.590. The van der Waals surface area contributed by atoms with Gasteiger partial charge < -0.3 is 15.4 Å². The van der Waals surface area contributed by atoms with Gasteiger partial charge in [-0.2, -0.15) is 0 Å². The lowest BCUT2D eigenvalue weighted by atomic mass is 10.2. The van der Waals surface area contributed by atoms with Gasteiger partial charge in [0, 0.05) is 17.1 Å². The van der Waals surface area contributed by atoms with E-state index >= 15 is 0 Å². The van der Waals surface area contributed by atoms with Crippen molar-refractivity contribution in [2.45, 2.75) is 6.54 Å². The Labute approximate surface area is 139 Å². The van der Waals surface area contributed by atoms with Gasteiger partial charge in [0.1, 0.15) is 5.75 Å². The first kappa shape index (κ1) is 16.6. The number of nitrogens with one attached hydrogen (secondary N) is 2. The second-order valence-corrected chi connectivity index (χ2v) is 5.43. The largest absolute Gasteiger partial charge is 0.496 e. The molecule has 2 rings (SSSR count). The van der Waals surface area contributed by atoms with Gasteiger partial charge in [0.15, 0.2) is 0 Å². The van der Waals surface area contributed by atoms with Crippen molar-refractivity contribution in [2.75, 3.05) is 19.0 Å². The Morgan fingerprint density at radius 2 is 1.95 bits per heavy atom. The number of carbonyl (C=O) groups excluding carboxylic acids is 1. The topological polar surface area (TPSA) is 50.4 Å². The fraction of sp³-hybridized carbons (Fsp3) is 0.188. The molecule has 0 fully saturated rings. The molecule has 2 aromatic carbocycles. The Balaban J connectivity index is 1.87. The maximum atomic E-state index is 11.9. The SMILES string of the molecule is COc1ccccc1CNCC(=O)Nc1cc(Cl)ccc1Cl. The van der Waals surface area contributed by atoms with Crippen molar-refractivity contribution in [1.82, 2.24) is 5.32 Å². The lowest BCUT2D eigenvalue weighted by molar-refractivity contribution is -0.115. The first-order valence-corrected chi connectivity index (χ1v) is 7.43. The van der Waals surface area contributed by atoms with E-state index in [1.165, 1.54) is 0 Å². The van der Waals surface area contributed by atoms with Crippen molar-refractivity contribution in [2.24, 2.45) is 0 Å². The number of hydrogen-bond donors (Lipinski definition) is 2. The highest BCUT2D eigenvalue weighted by molar-refractivity contribution is 6.35. The van der Waals surface area contributed by atoms with Crippen LogP contribution in [0.4, 0.5) is 5.69 Å². The van der Waals surface area contributed by atoms with Crippen molar-refractivity contribution >= 4 is 34.8 Å². The third-order valence-corrected chi connectivity index (χ3v) is 3.56. The van der Waals surface area contributed by atoms with E-state index in [9.17, 15) is 4.79 Å². The van der Waals surface area contributed by atoms with E-state index in [-0.39, 0.29) is 12.5 Å². The third-order valence-electron chi connectivity index (χ3n) is 3.00. The predicted octanol–water partition coefficient (Wildman–Crippen LogP) is 3.73. The Kier molecular flexibility index (Phi) is 6.07. The van der Waals surface area contributed by atoms with Crippen LogP contribution in [0.2, 0.25) is 10.0 Å². The summed E-state index contributed by atoms with van der Waals surface area (Å²) < 4.78 is 5.25. The predicted molar refractivity (Wildman–Crippen MR) is 89.8 cm³/mol. The Morgan fingerprint density at radius 3 is 2.73 bits per heavy atom. The third kappa shape index (κ3) is 4.63. The summed E-state index contributed by atoms with van der Waals surface area (Å²) in [6.07, 6.45) is 0. The lowest BCUT2D eigenvalue weighted by Gasteiger charge is -2.10.